The van der Waals surface area contributed by atoms with Crippen LogP contribution in [0.5, 0.6) is 0 Å². The molecule has 0 saturated carbocycles. The number of nitrogens with two attached hydrogens (primary N) is 2. The average Bonchev–Trinajstić information content (AvgIpc) is 2.67. The van der Waals surface area contributed by atoms with Crippen LogP contribution in [0.2, 0.25) is 0 Å². The van der Waals surface area contributed by atoms with Crippen LogP contribution >= 0.6 is 0 Å². The summed E-state index contributed by atoms with van der Waals surface area (Å²) >= 11 is 0. The largest absolute Gasteiger partial charge is 1.00 e. The Kier molecular flexibility index (Phi) is 40.5. The monoisotopic (exact) mass is 513 g/mol. The van der Waals surface area contributed by atoms with Gasteiger partial charge in [-0.1, -0.05) is 66.2 Å². The summed E-state index contributed by atoms with van der Waals surface area (Å²) in [5, 5.41) is 21.5. The quantitative estimate of drug-likeness (QED) is 0.107. The van der Waals surface area contributed by atoms with Crippen LogP contribution in [-0.2, 0) is 22.4 Å². The van der Waals surface area contributed by atoms with Gasteiger partial charge in [-0.05, 0) is 37.8 Å². The minimum absolute atomic E-state index is 0. The maximum absolute atomic E-state index is 8.25. The second-order valence-electron chi connectivity index (χ2n) is 7.04. The Labute approximate surface area is 194 Å². The molecule has 2 atom stereocenters. The zero-order valence-corrected chi connectivity index (χ0v) is 20.7. The van der Waals surface area contributed by atoms with E-state index in [-0.39, 0.29) is 22.4 Å². The van der Waals surface area contributed by atoms with E-state index in [4.69, 9.17) is 26.8 Å². The maximum atomic E-state index is 8.25. The molecule has 8 nitrogen and oxygen atoms in total. The normalized spacial score (nSPS) is 11.8. The van der Waals surface area contributed by atoms with Gasteiger partial charge in [0, 0.05) is 26.2 Å². The molecule has 0 spiro atoms. The van der Waals surface area contributed by atoms with E-state index in [1.165, 1.54) is 51.4 Å². The molecule has 6 N–H and O–H groups in total. The number of nitrogens with one attached hydrogen (secondary N) is 2. The molecule has 0 rings (SSSR count). The molecule has 0 aliphatic rings. The van der Waals surface area contributed by atoms with Gasteiger partial charge >= 0.3 is 22.4 Å². The predicted octanol–water partition coefficient (Wildman–Crippen LogP) is 3.26. The Morgan fingerprint density at radius 2 is 1.10 bits per heavy atom. The molecule has 0 aliphatic carbocycles. The fourth-order valence-electron chi connectivity index (χ4n) is 2.70. The van der Waals surface area contributed by atoms with Gasteiger partial charge < -0.3 is 37.4 Å². The van der Waals surface area contributed by atoms with E-state index in [0.717, 1.165) is 51.1 Å². The molecule has 0 aromatic carbocycles. The van der Waals surface area contributed by atoms with E-state index in [1.54, 1.807) is 0 Å². The molecule has 0 aliphatic heterocycles. The Morgan fingerprint density at radius 3 is 1.31 bits per heavy atom. The molecule has 0 amide bonds. The fourth-order valence-corrected chi connectivity index (χ4v) is 2.70. The van der Waals surface area contributed by atoms with E-state index >= 15 is 0 Å². The number of nitrogens with zero attached hydrogens (tertiary/aromatic N) is 1. The van der Waals surface area contributed by atoms with Crippen molar-refractivity contribution in [3.8, 4) is 0 Å². The summed E-state index contributed by atoms with van der Waals surface area (Å²) in [5.41, 5.74) is 10.8. The molecule has 9 heteroatoms. The molecule has 182 valence electrons. The summed E-state index contributed by atoms with van der Waals surface area (Å²) in [4.78, 5) is 8.25. The number of hydrogen-bond acceptors (Lipinski definition) is 7. The van der Waals surface area contributed by atoms with Crippen molar-refractivity contribution in [3.63, 3.8) is 0 Å². The van der Waals surface area contributed by atoms with Crippen LogP contribution in [0.4, 0.5) is 0 Å². The molecule has 0 aromatic heterocycles. The van der Waals surface area contributed by atoms with Crippen LogP contribution in [0.1, 0.15) is 79.1 Å². The van der Waals surface area contributed by atoms with Gasteiger partial charge in [-0.15, -0.1) is 0 Å². The second kappa shape index (κ2) is 32.4. The maximum Gasteiger partial charge on any atom is 1.00 e. The predicted molar refractivity (Wildman–Crippen MR) is 121 cm³/mol. The first-order chi connectivity index (χ1) is 13.4. The summed E-state index contributed by atoms with van der Waals surface area (Å²) in [6.07, 6.45) is 10.7. The first-order valence-electron chi connectivity index (χ1n) is 11.1. The van der Waals surface area contributed by atoms with Gasteiger partial charge in [-0.25, -0.2) is 0 Å². The van der Waals surface area contributed by atoms with Gasteiger partial charge in [-0.3, -0.25) is 0 Å². The number of hydrogen-bond donors (Lipinski definition) is 4. The summed E-state index contributed by atoms with van der Waals surface area (Å²) in [7, 11) is 0. The van der Waals surface area contributed by atoms with Gasteiger partial charge in [0.15, 0.2) is 0 Å². The van der Waals surface area contributed by atoms with Crippen LogP contribution < -0.4 is 22.1 Å². The Balaban J connectivity index is -0.000000177. The number of unbranched alkanes of at least 4 members (excludes halogenated alkanes) is 2. The molecular formula is C20H48AgN5O3. The average molecular weight is 515 g/mol. The Hall–Kier alpha value is -0.220. The fraction of sp³-hybridized carbons (Fsp3) is 1.00. The molecular weight excluding hydrogens is 466 g/mol. The van der Waals surface area contributed by atoms with Crippen molar-refractivity contribution in [2.24, 2.45) is 23.3 Å². The van der Waals surface area contributed by atoms with Crippen LogP contribution in [0.15, 0.2) is 0 Å². The first kappa shape index (κ1) is 36.2. The summed E-state index contributed by atoms with van der Waals surface area (Å²) in [5.74, 6) is 1.72. The third kappa shape index (κ3) is 38.9. The summed E-state index contributed by atoms with van der Waals surface area (Å²) in [6, 6.07) is 0. The van der Waals surface area contributed by atoms with Crippen molar-refractivity contribution in [1.29, 1.82) is 0 Å². The minimum atomic E-state index is -1.75. The van der Waals surface area contributed by atoms with Gasteiger partial charge in [0.2, 0.25) is 0 Å². The van der Waals surface area contributed by atoms with Crippen molar-refractivity contribution in [2.75, 3.05) is 39.3 Å². The van der Waals surface area contributed by atoms with E-state index < -0.39 is 5.09 Å². The molecule has 0 saturated heterocycles. The van der Waals surface area contributed by atoms with Gasteiger partial charge in [0.25, 0.3) is 0 Å². The van der Waals surface area contributed by atoms with Gasteiger partial charge in [-0.2, -0.15) is 0 Å². The molecule has 0 radical (unpaired) electrons. The summed E-state index contributed by atoms with van der Waals surface area (Å²) < 4.78 is 0. The van der Waals surface area contributed by atoms with Crippen molar-refractivity contribution in [1.82, 2.24) is 10.6 Å². The molecule has 2 unspecified atom stereocenters. The van der Waals surface area contributed by atoms with Crippen LogP contribution in [0, 0.1) is 27.2 Å². The summed E-state index contributed by atoms with van der Waals surface area (Å²) in [6.45, 7) is 14.8. The molecule has 0 heterocycles. The van der Waals surface area contributed by atoms with Crippen LogP contribution in [0.25, 0.3) is 0 Å². The van der Waals surface area contributed by atoms with Crippen molar-refractivity contribution >= 4 is 0 Å². The zero-order valence-electron chi connectivity index (χ0n) is 19.2. The second-order valence-corrected chi connectivity index (χ2v) is 7.04. The van der Waals surface area contributed by atoms with E-state index in [0.29, 0.717) is 0 Å². The topological polar surface area (TPSA) is 142 Å². The smallest absolute Gasteiger partial charge is 0.356 e. The zero-order chi connectivity index (χ0) is 22.0. The third-order valence-corrected chi connectivity index (χ3v) is 4.59. The molecule has 0 fully saturated rings. The van der Waals surface area contributed by atoms with Crippen LogP contribution in [-0.4, -0.2) is 44.4 Å². The van der Waals surface area contributed by atoms with Crippen LogP contribution in [0.3, 0.4) is 0 Å². The van der Waals surface area contributed by atoms with Gasteiger partial charge in [0.1, 0.15) is 0 Å². The third-order valence-electron chi connectivity index (χ3n) is 4.59. The Bertz CT molecular complexity index is 277. The van der Waals surface area contributed by atoms with Crippen molar-refractivity contribution < 1.29 is 27.5 Å². The standard InChI is InChI=1S/2C10H24N2.Ag.NO3/c2*1-3-5-6-10(4-2)9-12-8-7-11;;2-1(3)4/h2*10,12H,3-9,11H2,1-2H3;;/q;;+1;-1. The number of rotatable bonds is 16. The van der Waals surface area contributed by atoms with Gasteiger partial charge in [0.05, 0.1) is 5.09 Å². The first-order valence-corrected chi connectivity index (χ1v) is 11.1. The SMILES string of the molecule is CCCCC(CC)CNCCN.CCCCC(CC)CNCCN.O=[N+]([O-])[O-].[Ag+]. The molecule has 0 aromatic rings. The molecule has 0 bridgehead atoms. The van der Waals surface area contributed by atoms with E-state index in [2.05, 4.69) is 38.3 Å². The van der Waals surface area contributed by atoms with Crippen molar-refractivity contribution in [2.45, 2.75) is 79.1 Å². The molecule has 29 heavy (non-hydrogen) atoms. The Morgan fingerprint density at radius 1 is 0.793 bits per heavy atom. The van der Waals surface area contributed by atoms with E-state index in [9.17, 15) is 0 Å². The van der Waals surface area contributed by atoms with Crippen molar-refractivity contribution in [3.05, 3.63) is 15.3 Å². The minimum Gasteiger partial charge on any atom is -0.356 e. The van der Waals surface area contributed by atoms with E-state index in [1.807, 2.05) is 0 Å².